The second-order valence-electron chi connectivity index (χ2n) is 14.2. The van der Waals surface area contributed by atoms with Gasteiger partial charge >= 0.3 is 0 Å². The van der Waals surface area contributed by atoms with Crippen molar-refractivity contribution in [2.45, 2.75) is 87.0 Å². The van der Waals surface area contributed by atoms with Gasteiger partial charge in [0, 0.05) is 11.3 Å². The zero-order valence-electron chi connectivity index (χ0n) is 37.2. The highest BCUT2D eigenvalue weighted by atomic mass is 14.4. The molecule has 0 atom stereocenters. The molecule has 0 saturated carbocycles. The fraction of sp³-hybridized carbons (Fsp3) is 0.220. The number of benzene rings is 8. The first-order chi connectivity index (χ1) is 29.1. The summed E-state index contributed by atoms with van der Waals surface area (Å²) >= 11 is 0. The van der Waals surface area contributed by atoms with E-state index in [2.05, 4.69) is 202 Å². The van der Waals surface area contributed by atoms with Crippen molar-refractivity contribution >= 4 is 10.8 Å². The Morgan fingerprint density at radius 2 is 0.712 bits per heavy atom. The van der Waals surface area contributed by atoms with Gasteiger partial charge in [-0.1, -0.05) is 244 Å². The normalized spacial score (nSPS) is 12.2. The lowest BCUT2D eigenvalue weighted by Crippen LogP contribution is -2.22. The first-order valence-corrected chi connectivity index (χ1v) is 22.1. The van der Waals surface area contributed by atoms with Gasteiger partial charge in [-0.2, -0.15) is 0 Å². The number of rotatable bonds is 1. The summed E-state index contributed by atoms with van der Waals surface area (Å²) in [4.78, 5) is 0. The molecule has 8 aromatic carbocycles. The minimum atomic E-state index is -0.1000. The Hall–Kier alpha value is -5.98. The molecule has 0 heterocycles. The van der Waals surface area contributed by atoms with E-state index in [9.17, 15) is 0 Å². The van der Waals surface area contributed by atoms with Crippen LogP contribution in [0.5, 0.6) is 0 Å². The molecule has 0 unspecified atom stereocenters. The van der Waals surface area contributed by atoms with Gasteiger partial charge in [-0.3, -0.25) is 0 Å². The molecular formula is C59H64. The van der Waals surface area contributed by atoms with Gasteiger partial charge in [-0.15, -0.1) is 0 Å². The summed E-state index contributed by atoms with van der Waals surface area (Å²) in [6, 6.07) is 67.9. The van der Waals surface area contributed by atoms with Gasteiger partial charge in [0.2, 0.25) is 0 Å². The van der Waals surface area contributed by atoms with E-state index in [4.69, 9.17) is 0 Å². The van der Waals surface area contributed by atoms with Crippen molar-refractivity contribution in [3.63, 3.8) is 0 Å². The number of hydrogen-bond acceptors (Lipinski definition) is 0. The van der Waals surface area contributed by atoms with Gasteiger partial charge in [0.25, 0.3) is 0 Å². The molecule has 0 fully saturated rings. The van der Waals surface area contributed by atoms with Crippen molar-refractivity contribution in [2.75, 3.05) is 0 Å². The maximum absolute atomic E-state index is 2.36. The standard InChI is InChI=1S/C24H18.C14H12.C13H10.4C2H6/c1-24(19-15-14-17-8-2-3-9-18(17)16-19)22-12-6-4-10-20(22)21-11-5-7-13-23(21)24;1-10-11-6-2-4-8-13(11)14-9-5-3-7-12(10)14;1-3-7-12-10(5-1)9-11-6-2-4-8-13(11)12;4*1-2/h2-16H,1H3;2-10H,1H3;1-8H,9H2;4*1-2H3. The minimum absolute atomic E-state index is 0.1000. The first-order valence-electron chi connectivity index (χ1n) is 22.1. The molecule has 0 amide bonds. The van der Waals surface area contributed by atoms with Gasteiger partial charge in [0.15, 0.2) is 0 Å². The molecule has 0 nitrogen and oxygen atoms in total. The van der Waals surface area contributed by atoms with E-state index in [-0.39, 0.29) is 5.41 Å². The summed E-state index contributed by atoms with van der Waals surface area (Å²) in [6.45, 7) is 20.6. The van der Waals surface area contributed by atoms with E-state index in [1.165, 1.54) is 83.1 Å². The van der Waals surface area contributed by atoms with Crippen LogP contribution < -0.4 is 0 Å². The predicted molar refractivity (Wildman–Crippen MR) is 261 cm³/mol. The molecule has 0 aromatic heterocycles. The van der Waals surface area contributed by atoms with E-state index < -0.39 is 0 Å². The summed E-state index contributed by atoms with van der Waals surface area (Å²) in [6.07, 6.45) is 1.10. The van der Waals surface area contributed by atoms with Crippen LogP contribution in [0.1, 0.15) is 114 Å². The van der Waals surface area contributed by atoms with E-state index in [0.717, 1.165) is 6.42 Å². The molecule has 3 aliphatic carbocycles. The third kappa shape index (κ3) is 8.74. The third-order valence-corrected chi connectivity index (χ3v) is 11.4. The minimum Gasteiger partial charge on any atom is -0.0683 e. The molecule has 0 saturated heterocycles. The molecule has 0 aliphatic heterocycles. The molecule has 0 N–H and O–H groups in total. The summed E-state index contributed by atoms with van der Waals surface area (Å²) in [7, 11) is 0. The van der Waals surface area contributed by atoms with Crippen molar-refractivity contribution in [3.8, 4) is 33.4 Å². The van der Waals surface area contributed by atoms with Crippen LogP contribution in [-0.4, -0.2) is 0 Å². The number of hydrogen-bond donors (Lipinski definition) is 0. The van der Waals surface area contributed by atoms with Crippen molar-refractivity contribution in [1.82, 2.24) is 0 Å². The molecule has 0 heteroatoms. The Bertz CT molecular complexity index is 2420. The highest BCUT2D eigenvalue weighted by molar-refractivity contribution is 5.87. The molecule has 11 rings (SSSR count). The molecule has 0 bridgehead atoms. The van der Waals surface area contributed by atoms with E-state index >= 15 is 0 Å². The van der Waals surface area contributed by atoms with Crippen molar-refractivity contribution < 1.29 is 0 Å². The average molecular weight is 773 g/mol. The van der Waals surface area contributed by atoms with E-state index in [1.54, 1.807) is 0 Å². The van der Waals surface area contributed by atoms with Crippen molar-refractivity contribution in [1.29, 1.82) is 0 Å². The van der Waals surface area contributed by atoms with Gasteiger partial charge < -0.3 is 0 Å². The Labute approximate surface area is 356 Å². The van der Waals surface area contributed by atoms with Gasteiger partial charge in [0.05, 0.1) is 0 Å². The van der Waals surface area contributed by atoms with E-state index in [0.29, 0.717) is 5.92 Å². The maximum atomic E-state index is 2.36. The fourth-order valence-electron chi connectivity index (χ4n) is 8.75. The molecule has 8 aromatic rings. The van der Waals surface area contributed by atoms with Crippen LogP contribution in [0.25, 0.3) is 44.2 Å². The second-order valence-corrected chi connectivity index (χ2v) is 14.2. The Balaban J connectivity index is 0.000000163. The zero-order chi connectivity index (χ0) is 42.4. The van der Waals surface area contributed by atoms with Gasteiger partial charge in [0.1, 0.15) is 0 Å². The first kappa shape index (κ1) is 44.1. The quantitative estimate of drug-likeness (QED) is 0.156. The third-order valence-electron chi connectivity index (χ3n) is 11.4. The van der Waals surface area contributed by atoms with Crippen LogP contribution in [0.15, 0.2) is 188 Å². The SMILES string of the molecule is CC.CC.CC.CC.CC1(c2ccc3ccccc3c2)c2ccccc2-c2ccccc21.CC1c2ccccc2-c2ccccc21.c1ccc2c(c1)Cc1ccccc1-2. The van der Waals surface area contributed by atoms with Crippen LogP contribution >= 0.6 is 0 Å². The van der Waals surface area contributed by atoms with Gasteiger partial charge in [-0.05, 0) is 103 Å². The second kappa shape index (κ2) is 21.1. The van der Waals surface area contributed by atoms with Crippen molar-refractivity contribution in [3.05, 3.63) is 227 Å². The Morgan fingerprint density at radius 3 is 1.19 bits per heavy atom. The van der Waals surface area contributed by atoms with Crippen LogP contribution in [0.3, 0.4) is 0 Å². The van der Waals surface area contributed by atoms with Gasteiger partial charge in [-0.25, -0.2) is 0 Å². The molecular weight excluding hydrogens is 709 g/mol. The smallest absolute Gasteiger partial charge is 0.0435 e. The molecule has 0 radical (unpaired) electrons. The summed E-state index contributed by atoms with van der Waals surface area (Å²) in [5, 5.41) is 2.60. The summed E-state index contributed by atoms with van der Waals surface area (Å²) in [5.74, 6) is 0.558. The average Bonchev–Trinajstić information content (AvgIpc) is 3.95. The molecule has 0 spiro atoms. The molecule has 59 heavy (non-hydrogen) atoms. The van der Waals surface area contributed by atoms with Crippen LogP contribution in [-0.2, 0) is 11.8 Å². The largest absolute Gasteiger partial charge is 0.0683 e. The fourth-order valence-corrected chi connectivity index (χ4v) is 8.75. The van der Waals surface area contributed by atoms with Crippen LogP contribution in [0, 0.1) is 0 Å². The highest BCUT2D eigenvalue weighted by Gasteiger charge is 2.40. The number of fused-ring (bicyclic) bond motifs is 10. The summed E-state index contributed by atoms with van der Waals surface area (Å²) in [5.41, 5.74) is 18.3. The van der Waals surface area contributed by atoms with Crippen LogP contribution in [0.4, 0.5) is 0 Å². The zero-order valence-corrected chi connectivity index (χ0v) is 37.2. The lowest BCUT2D eigenvalue weighted by molar-refractivity contribution is 0.715. The summed E-state index contributed by atoms with van der Waals surface area (Å²) < 4.78 is 0. The van der Waals surface area contributed by atoms with Crippen molar-refractivity contribution in [2.24, 2.45) is 0 Å². The maximum Gasteiger partial charge on any atom is 0.0435 e. The predicted octanol–water partition coefficient (Wildman–Crippen LogP) is 17.4. The molecule has 3 aliphatic rings. The lowest BCUT2D eigenvalue weighted by atomic mass is 9.74. The molecule has 300 valence electrons. The van der Waals surface area contributed by atoms with E-state index in [1.807, 2.05) is 55.4 Å². The lowest BCUT2D eigenvalue weighted by Gasteiger charge is -2.28. The Morgan fingerprint density at radius 1 is 0.356 bits per heavy atom. The topological polar surface area (TPSA) is 0 Å². The Kier molecular flexibility index (Phi) is 15.8. The van der Waals surface area contributed by atoms with Crippen LogP contribution in [0.2, 0.25) is 0 Å². The monoisotopic (exact) mass is 773 g/mol. The highest BCUT2D eigenvalue weighted by Crippen LogP contribution is 2.52.